The molecular formula is C16H25NO. The number of aliphatic hydroxyl groups excluding tert-OH is 1. The third-order valence-electron chi connectivity index (χ3n) is 4.20. The van der Waals surface area contributed by atoms with Crippen molar-refractivity contribution in [3.8, 4) is 0 Å². The molecule has 1 aromatic carbocycles. The van der Waals surface area contributed by atoms with Crippen molar-refractivity contribution in [2.45, 2.75) is 39.7 Å². The minimum Gasteiger partial charge on any atom is -0.392 e. The van der Waals surface area contributed by atoms with Crippen LogP contribution in [0.3, 0.4) is 0 Å². The molecule has 0 aliphatic carbocycles. The summed E-state index contributed by atoms with van der Waals surface area (Å²) in [7, 11) is 0. The van der Waals surface area contributed by atoms with Gasteiger partial charge < -0.3 is 10.0 Å². The van der Waals surface area contributed by atoms with E-state index in [4.69, 9.17) is 5.11 Å². The van der Waals surface area contributed by atoms with Gasteiger partial charge in [-0.25, -0.2) is 0 Å². The van der Waals surface area contributed by atoms with Crippen LogP contribution in [0.1, 0.15) is 38.7 Å². The van der Waals surface area contributed by atoms with E-state index in [1.54, 1.807) is 0 Å². The highest BCUT2D eigenvalue weighted by molar-refractivity contribution is 5.47. The molecule has 2 nitrogen and oxygen atoms in total. The van der Waals surface area contributed by atoms with Crippen molar-refractivity contribution in [1.29, 1.82) is 0 Å². The zero-order valence-electron chi connectivity index (χ0n) is 11.6. The lowest BCUT2D eigenvalue weighted by Gasteiger charge is -2.23. The number of benzene rings is 1. The van der Waals surface area contributed by atoms with Crippen LogP contribution in [-0.2, 0) is 6.61 Å². The van der Waals surface area contributed by atoms with Crippen LogP contribution in [-0.4, -0.2) is 18.2 Å². The Morgan fingerprint density at radius 3 is 2.50 bits per heavy atom. The van der Waals surface area contributed by atoms with Gasteiger partial charge in [-0.2, -0.15) is 0 Å². The van der Waals surface area contributed by atoms with Crippen molar-refractivity contribution in [2.24, 2.45) is 11.8 Å². The first-order valence-corrected chi connectivity index (χ1v) is 7.15. The smallest absolute Gasteiger partial charge is 0.0681 e. The minimum absolute atomic E-state index is 0.135. The number of anilines is 1. The van der Waals surface area contributed by atoms with Gasteiger partial charge in [0.25, 0.3) is 0 Å². The quantitative estimate of drug-likeness (QED) is 0.884. The molecule has 1 heterocycles. The van der Waals surface area contributed by atoms with E-state index in [9.17, 15) is 0 Å². The van der Waals surface area contributed by atoms with Gasteiger partial charge in [0, 0.05) is 18.8 Å². The predicted octanol–water partition coefficient (Wildman–Crippen LogP) is 3.44. The number of hydrogen-bond donors (Lipinski definition) is 1. The maximum absolute atomic E-state index is 9.07. The van der Waals surface area contributed by atoms with Crippen LogP contribution in [0.2, 0.25) is 0 Å². The van der Waals surface area contributed by atoms with Gasteiger partial charge in [0.05, 0.1) is 6.61 Å². The van der Waals surface area contributed by atoms with E-state index in [-0.39, 0.29) is 6.61 Å². The molecule has 0 amide bonds. The summed E-state index contributed by atoms with van der Waals surface area (Å²) in [6.07, 6.45) is 3.97. The molecule has 1 unspecified atom stereocenters. The van der Waals surface area contributed by atoms with Crippen molar-refractivity contribution in [1.82, 2.24) is 0 Å². The first-order chi connectivity index (χ1) is 8.70. The molecule has 0 radical (unpaired) electrons. The highest BCUT2D eigenvalue weighted by Gasteiger charge is 2.19. The molecule has 2 rings (SSSR count). The van der Waals surface area contributed by atoms with Gasteiger partial charge >= 0.3 is 0 Å². The van der Waals surface area contributed by atoms with Crippen molar-refractivity contribution in [2.75, 3.05) is 18.0 Å². The second-order valence-electron chi connectivity index (χ2n) is 5.75. The van der Waals surface area contributed by atoms with E-state index in [1.807, 2.05) is 12.1 Å². The number of aliphatic hydroxyl groups is 1. The lowest BCUT2D eigenvalue weighted by molar-refractivity contribution is 0.282. The van der Waals surface area contributed by atoms with Gasteiger partial charge in [0.2, 0.25) is 0 Å². The lowest BCUT2D eigenvalue weighted by Crippen LogP contribution is -2.24. The topological polar surface area (TPSA) is 23.5 Å². The Kier molecular flexibility index (Phi) is 4.65. The Morgan fingerprint density at radius 2 is 1.89 bits per heavy atom. The summed E-state index contributed by atoms with van der Waals surface area (Å²) in [6.45, 7) is 7.16. The molecule has 1 fully saturated rings. The summed E-state index contributed by atoms with van der Waals surface area (Å²) >= 11 is 0. The molecule has 1 saturated heterocycles. The Hall–Kier alpha value is -1.02. The summed E-state index contributed by atoms with van der Waals surface area (Å²) in [5.41, 5.74) is 2.30. The van der Waals surface area contributed by atoms with Crippen LogP contribution < -0.4 is 4.90 Å². The zero-order valence-corrected chi connectivity index (χ0v) is 11.6. The average molecular weight is 247 g/mol. The summed E-state index contributed by atoms with van der Waals surface area (Å²) in [5, 5.41) is 9.07. The third-order valence-corrected chi connectivity index (χ3v) is 4.20. The summed E-state index contributed by atoms with van der Waals surface area (Å²) < 4.78 is 0. The Morgan fingerprint density at radius 1 is 1.17 bits per heavy atom. The van der Waals surface area contributed by atoms with Crippen LogP contribution in [0, 0.1) is 11.8 Å². The second kappa shape index (κ2) is 6.24. The third kappa shape index (κ3) is 3.26. The highest BCUT2D eigenvalue weighted by Crippen LogP contribution is 2.27. The normalized spacial score (nSPS) is 21.1. The molecule has 18 heavy (non-hydrogen) atoms. The molecule has 0 aromatic heterocycles. The summed E-state index contributed by atoms with van der Waals surface area (Å²) in [6, 6.07) is 8.34. The fourth-order valence-corrected chi connectivity index (χ4v) is 2.86. The average Bonchev–Trinajstić information content (AvgIpc) is 2.64. The van der Waals surface area contributed by atoms with Crippen LogP contribution >= 0.6 is 0 Å². The highest BCUT2D eigenvalue weighted by atomic mass is 16.3. The van der Waals surface area contributed by atoms with Crippen LogP contribution in [0.4, 0.5) is 5.69 Å². The van der Waals surface area contributed by atoms with E-state index in [0.29, 0.717) is 0 Å². The monoisotopic (exact) mass is 247 g/mol. The number of hydrogen-bond acceptors (Lipinski definition) is 2. The van der Waals surface area contributed by atoms with E-state index in [2.05, 4.69) is 30.9 Å². The summed E-state index contributed by atoms with van der Waals surface area (Å²) in [4.78, 5) is 2.49. The van der Waals surface area contributed by atoms with Crippen molar-refractivity contribution >= 4 is 5.69 Å². The fraction of sp³-hybridized carbons (Fsp3) is 0.625. The molecule has 100 valence electrons. The molecule has 0 spiro atoms. The first-order valence-electron chi connectivity index (χ1n) is 7.15. The van der Waals surface area contributed by atoms with Gasteiger partial charge in [-0.3, -0.25) is 0 Å². The maximum Gasteiger partial charge on any atom is 0.0681 e. The lowest BCUT2D eigenvalue weighted by atomic mass is 9.89. The van der Waals surface area contributed by atoms with Gasteiger partial charge in [-0.1, -0.05) is 26.0 Å². The van der Waals surface area contributed by atoms with Gasteiger partial charge in [0.15, 0.2) is 0 Å². The fourth-order valence-electron chi connectivity index (χ4n) is 2.86. The molecular weight excluding hydrogens is 222 g/mol. The molecule has 0 bridgehead atoms. The van der Waals surface area contributed by atoms with Gasteiger partial charge in [0.1, 0.15) is 0 Å². The van der Waals surface area contributed by atoms with Crippen molar-refractivity contribution in [3.05, 3.63) is 29.8 Å². The molecule has 1 aromatic rings. The van der Waals surface area contributed by atoms with Crippen LogP contribution in [0.25, 0.3) is 0 Å². The van der Waals surface area contributed by atoms with Crippen molar-refractivity contribution in [3.63, 3.8) is 0 Å². The van der Waals surface area contributed by atoms with Crippen molar-refractivity contribution < 1.29 is 5.11 Å². The zero-order chi connectivity index (χ0) is 13.0. The van der Waals surface area contributed by atoms with Gasteiger partial charge in [-0.05, 0) is 48.8 Å². The van der Waals surface area contributed by atoms with E-state index < -0.39 is 0 Å². The Bertz CT molecular complexity index is 358. The largest absolute Gasteiger partial charge is 0.392 e. The first kappa shape index (κ1) is 13.4. The predicted molar refractivity (Wildman–Crippen MR) is 76.8 cm³/mol. The maximum atomic E-state index is 9.07. The summed E-state index contributed by atoms with van der Waals surface area (Å²) in [5.74, 6) is 1.69. The Labute approximate surface area is 111 Å². The molecule has 1 aliphatic rings. The molecule has 1 aliphatic heterocycles. The molecule has 2 heteroatoms. The van der Waals surface area contributed by atoms with Gasteiger partial charge in [-0.15, -0.1) is 0 Å². The van der Waals surface area contributed by atoms with Crippen LogP contribution in [0.15, 0.2) is 24.3 Å². The number of rotatable bonds is 3. The van der Waals surface area contributed by atoms with E-state index in [0.717, 1.165) is 17.4 Å². The van der Waals surface area contributed by atoms with E-state index >= 15 is 0 Å². The minimum atomic E-state index is 0.135. The Balaban J connectivity index is 2.00. The standard InChI is InChI=1S/C16H25NO/c1-13(2)15-4-3-10-17(11-9-15)16-7-5-14(12-18)6-8-16/h5-8,13,15,18H,3-4,9-12H2,1-2H3. The second-order valence-corrected chi connectivity index (χ2v) is 5.75. The molecule has 1 atom stereocenters. The number of nitrogens with zero attached hydrogens (tertiary/aromatic N) is 1. The van der Waals surface area contributed by atoms with E-state index in [1.165, 1.54) is 38.0 Å². The molecule has 0 saturated carbocycles. The molecule has 1 N–H and O–H groups in total. The van der Waals surface area contributed by atoms with Crippen LogP contribution in [0.5, 0.6) is 0 Å². The SMILES string of the molecule is CC(C)C1CCCN(c2ccc(CO)cc2)CC1.